The zero-order valence-electron chi connectivity index (χ0n) is 39.8. The molecule has 0 spiro atoms. The number of fused-ring (bicyclic) bond motifs is 4. The first-order valence-electron chi connectivity index (χ1n) is 24.9. The number of aliphatic hydroxyl groups excluding tert-OH is 1. The summed E-state index contributed by atoms with van der Waals surface area (Å²) in [4.78, 5) is 40.9. The average Bonchev–Trinajstić information content (AvgIpc) is 4.01. The molecule has 0 amide bonds. The molecular weight excluding hydrogens is 917 g/mol. The Balaban J connectivity index is 0.850. The van der Waals surface area contributed by atoms with Crippen LogP contribution in [0.5, 0.6) is 0 Å². The summed E-state index contributed by atoms with van der Waals surface area (Å²) in [6.07, 6.45) is 3.44. The lowest BCUT2D eigenvalue weighted by Crippen LogP contribution is -2.25. The molecule has 8 aromatic rings. The third-order valence-electron chi connectivity index (χ3n) is 14.1. The Morgan fingerprint density at radius 2 is 0.958 bits per heavy atom. The summed E-state index contributed by atoms with van der Waals surface area (Å²) < 4.78 is 26.1. The van der Waals surface area contributed by atoms with Gasteiger partial charge in [-0.15, -0.1) is 11.3 Å². The molecule has 11 rings (SSSR count). The molecule has 360 valence electrons. The number of thiophene rings is 1. The predicted octanol–water partition coefficient (Wildman–Crippen LogP) is 13.4. The van der Waals surface area contributed by atoms with Crippen molar-refractivity contribution < 1.29 is 38.4 Å². The number of ether oxygens (including phenoxy) is 4. The van der Waals surface area contributed by atoms with Gasteiger partial charge in [0.1, 0.15) is 18.3 Å². The maximum Gasteiger partial charge on any atom is 0.310 e. The molecule has 3 aliphatic carbocycles. The van der Waals surface area contributed by atoms with E-state index in [1.54, 1.807) is 11.3 Å². The van der Waals surface area contributed by atoms with E-state index in [-0.39, 0.29) is 43.3 Å². The molecule has 0 fully saturated rings. The van der Waals surface area contributed by atoms with Crippen LogP contribution < -0.4 is 0 Å². The van der Waals surface area contributed by atoms with Crippen molar-refractivity contribution in [1.82, 2.24) is 0 Å². The largest absolute Gasteiger partial charge is 0.457 e. The second kappa shape index (κ2) is 21.1. The van der Waals surface area contributed by atoms with E-state index in [2.05, 4.69) is 54.6 Å². The fourth-order valence-corrected chi connectivity index (χ4v) is 11.6. The van der Waals surface area contributed by atoms with Crippen LogP contribution in [0.3, 0.4) is 0 Å². The maximum absolute atomic E-state index is 13.4. The normalized spacial score (nSPS) is 18.3. The van der Waals surface area contributed by atoms with Crippen LogP contribution in [0, 0.1) is 0 Å². The molecule has 0 bridgehead atoms. The summed E-state index contributed by atoms with van der Waals surface area (Å²) >= 11 is 1.72. The molecule has 7 aromatic carbocycles. The molecule has 0 radical (unpaired) electrons. The lowest BCUT2D eigenvalue weighted by molar-refractivity contribution is -0.157. The summed E-state index contributed by atoms with van der Waals surface area (Å²) in [7, 11) is 0. The van der Waals surface area contributed by atoms with Crippen LogP contribution in [-0.2, 0) is 65.4 Å². The quantitative estimate of drug-likeness (QED) is 0.0615. The predicted molar refractivity (Wildman–Crippen MR) is 281 cm³/mol. The number of carbonyl (C=O) groups excluding carboxylic acids is 3. The van der Waals surface area contributed by atoms with Gasteiger partial charge in [-0.2, -0.15) is 0 Å². The van der Waals surface area contributed by atoms with Gasteiger partial charge in [-0.05, 0) is 140 Å². The number of hydrogen-bond acceptors (Lipinski definition) is 9. The maximum atomic E-state index is 13.4. The van der Waals surface area contributed by atoms with Gasteiger partial charge in [0.2, 0.25) is 0 Å². The minimum absolute atomic E-state index is 0.174. The Morgan fingerprint density at radius 1 is 0.500 bits per heavy atom. The van der Waals surface area contributed by atoms with Crippen molar-refractivity contribution in [3.8, 4) is 10.4 Å². The fraction of sp³-hybridized carbons (Fsp3) is 0.222. The van der Waals surface area contributed by atoms with Crippen LogP contribution >= 0.6 is 11.3 Å². The average molecular weight is 971 g/mol. The molecule has 5 atom stereocenters. The standard InChI is InChI=1S/C63H54O8S/c64-60(29-40-13-5-1-6-14-40)68-54-25-27-56(70-62(66)31-42-17-9-3-10-18-42)52-36-44(21-23-50(52)54)46-33-47-35-49-39-58(72-59(49)38-48(47)34-46)45-22-24-51-53(37-45)57(71-63(67)32-43-19-11-4-12-20-43)28-26-55(51)69-61(65)30-41-15-7-2-8-16-41/h1-24,34-39,54-57,62,66H,25-33H2. The first kappa shape index (κ1) is 46.9. The highest BCUT2D eigenvalue weighted by Gasteiger charge is 2.34. The minimum atomic E-state index is -1.00. The number of hydrogen-bond donors (Lipinski definition) is 1. The van der Waals surface area contributed by atoms with E-state index in [9.17, 15) is 19.5 Å². The number of aliphatic hydroxyl groups is 1. The zero-order valence-corrected chi connectivity index (χ0v) is 40.6. The summed E-state index contributed by atoms with van der Waals surface area (Å²) in [5.41, 5.74) is 12.9. The first-order valence-corrected chi connectivity index (χ1v) is 25.7. The molecule has 5 unspecified atom stereocenters. The molecule has 1 heterocycles. The molecular formula is C63H54O8S. The van der Waals surface area contributed by atoms with Crippen LogP contribution in [-0.4, -0.2) is 29.3 Å². The van der Waals surface area contributed by atoms with Gasteiger partial charge in [0.15, 0.2) is 6.29 Å². The third kappa shape index (κ3) is 10.7. The molecule has 1 N–H and O–H groups in total. The molecule has 1 aromatic heterocycles. The van der Waals surface area contributed by atoms with Gasteiger partial charge in [-0.25, -0.2) is 0 Å². The Kier molecular flexibility index (Phi) is 13.8. The molecule has 8 nitrogen and oxygen atoms in total. The van der Waals surface area contributed by atoms with Crippen LogP contribution in [0.2, 0.25) is 0 Å². The van der Waals surface area contributed by atoms with E-state index in [4.69, 9.17) is 18.9 Å². The Bertz CT molecular complexity index is 3270. The number of esters is 3. The van der Waals surface area contributed by atoms with Gasteiger partial charge < -0.3 is 24.1 Å². The fourth-order valence-electron chi connectivity index (χ4n) is 10.5. The van der Waals surface area contributed by atoms with Crippen LogP contribution in [0.4, 0.5) is 0 Å². The van der Waals surface area contributed by atoms with Gasteiger partial charge in [-0.1, -0.05) is 152 Å². The van der Waals surface area contributed by atoms with E-state index in [0.29, 0.717) is 32.1 Å². The minimum Gasteiger partial charge on any atom is -0.457 e. The van der Waals surface area contributed by atoms with Crippen molar-refractivity contribution in [2.75, 3.05) is 0 Å². The monoisotopic (exact) mass is 970 g/mol. The van der Waals surface area contributed by atoms with Gasteiger partial charge in [0.25, 0.3) is 0 Å². The number of allylic oxidation sites excluding steroid dienone is 1. The Morgan fingerprint density at radius 3 is 1.50 bits per heavy atom. The summed E-state index contributed by atoms with van der Waals surface area (Å²) in [5, 5.41) is 12.3. The molecule has 72 heavy (non-hydrogen) atoms. The summed E-state index contributed by atoms with van der Waals surface area (Å²) in [5.74, 6) is -0.860. The van der Waals surface area contributed by atoms with Gasteiger partial charge in [0, 0.05) is 16.0 Å². The van der Waals surface area contributed by atoms with Crippen molar-refractivity contribution in [2.24, 2.45) is 0 Å². The highest BCUT2D eigenvalue weighted by atomic mass is 32.1. The summed E-state index contributed by atoms with van der Waals surface area (Å²) in [6.45, 7) is 0. The second-order valence-corrected chi connectivity index (χ2v) is 20.2. The lowest BCUT2D eigenvalue weighted by atomic mass is 9.84. The Hall–Kier alpha value is -7.43. The first-order chi connectivity index (χ1) is 35.2. The van der Waals surface area contributed by atoms with E-state index in [0.717, 1.165) is 77.0 Å². The van der Waals surface area contributed by atoms with Gasteiger partial charge in [-0.3, -0.25) is 14.4 Å². The van der Waals surface area contributed by atoms with Crippen molar-refractivity contribution >= 4 is 51.0 Å². The number of benzene rings is 7. The molecule has 0 saturated carbocycles. The van der Waals surface area contributed by atoms with Crippen molar-refractivity contribution in [3.05, 3.63) is 237 Å². The van der Waals surface area contributed by atoms with Gasteiger partial charge >= 0.3 is 17.9 Å². The molecule has 9 heteroatoms. The molecule has 0 aliphatic heterocycles. The number of carbonyl (C=O) groups is 3. The van der Waals surface area contributed by atoms with Crippen molar-refractivity contribution in [3.63, 3.8) is 0 Å². The second-order valence-electron chi connectivity index (χ2n) is 19.1. The van der Waals surface area contributed by atoms with E-state index < -0.39 is 24.6 Å². The van der Waals surface area contributed by atoms with Crippen LogP contribution in [0.1, 0.15) is 111 Å². The van der Waals surface area contributed by atoms with E-state index >= 15 is 0 Å². The van der Waals surface area contributed by atoms with Crippen LogP contribution in [0.15, 0.2) is 176 Å². The highest BCUT2D eigenvalue weighted by Crippen LogP contribution is 2.46. The topological polar surface area (TPSA) is 108 Å². The van der Waals surface area contributed by atoms with Gasteiger partial charge in [0.05, 0.1) is 25.4 Å². The smallest absolute Gasteiger partial charge is 0.310 e. The highest BCUT2D eigenvalue weighted by molar-refractivity contribution is 7.22. The van der Waals surface area contributed by atoms with E-state index in [1.165, 1.54) is 16.7 Å². The third-order valence-corrected chi connectivity index (χ3v) is 15.2. The van der Waals surface area contributed by atoms with Crippen molar-refractivity contribution in [2.45, 2.75) is 88.5 Å². The summed E-state index contributed by atoms with van der Waals surface area (Å²) in [6, 6.07) is 58.1. The SMILES string of the molecule is O=C(Cc1ccccc1)OC1CCC(OC(=O)Cc2ccccc2)c2cc(-c3cc4cc5c(cc4s3)C=C(c3ccc4c(c3)C(OC(O)Cc3ccccc3)CCC4OC(=O)Cc3ccccc3)C5)ccc21. The molecule has 3 aliphatic rings. The van der Waals surface area contributed by atoms with Crippen LogP contribution in [0.25, 0.3) is 32.2 Å². The van der Waals surface area contributed by atoms with Crippen molar-refractivity contribution in [1.29, 1.82) is 0 Å². The zero-order chi connectivity index (χ0) is 49.0. The lowest BCUT2D eigenvalue weighted by Gasteiger charge is -2.33. The molecule has 0 saturated heterocycles. The van der Waals surface area contributed by atoms with E-state index in [1.807, 2.05) is 127 Å². The number of rotatable bonds is 15. The Labute approximate surface area is 423 Å².